The fourth-order valence-corrected chi connectivity index (χ4v) is 2.25. The van der Waals surface area contributed by atoms with Gasteiger partial charge in [-0.3, -0.25) is 4.79 Å². The van der Waals surface area contributed by atoms with Crippen LogP contribution < -0.4 is 15.4 Å². The fraction of sp³-hybridized carbons (Fsp3) is 0.500. The van der Waals surface area contributed by atoms with Crippen LogP contribution >= 0.6 is 0 Å². The van der Waals surface area contributed by atoms with Crippen LogP contribution in [0.3, 0.4) is 0 Å². The van der Waals surface area contributed by atoms with Gasteiger partial charge in [0.15, 0.2) is 0 Å². The van der Waals surface area contributed by atoms with E-state index in [9.17, 15) is 4.79 Å². The Morgan fingerprint density at radius 1 is 1.50 bits per heavy atom. The normalized spacial score (nSPS) is 19.3. The van der Waals surface area contributed by atoms with Gasteiger partial charge in [0.2, 0.25) is 5.91 Å². The van der Waals surface area contributed by atoms with Crippen molar-refractivity contribution in [3.05, 3.63) is 29.8 Å². The minimum absolute atomic E-state index is 0.105. The van der Waals surface area contributed by atoms with Crippen molar-refractivity contribution < 1.29 is 9.53 Å². The van der Waals surface area contributed by atoms with Crippen molar-refractivity contribution in [2.24, 2.45) is 5.92 Å². The molecule has 0 unspecified atom stereocenters. The molecule has 0 aromatic heterocycles. The summed E-state index contributed by atoms with van der Waals surface area (Å²) < 4.78 is 5.26. The zero-order valence-electron chi connectivity index (χ0n) is 10.7. The Kier molecular flexibility index (Phi) is 4.59. The predicted octanol–water partition coefficient (Wildman–Crippen LogP) is 1.31. The summed E-state index contributed by atoms with van der Waals surface area (Å²) in [5.74, 6) is 1.06. The van der Waals surface area contributed by atoms with Gasteiger partial charge < -0.3 is 15.4 Å². The van der Waals surface area contributed by atoms with Gasteiger partial charge in [-0.15, -0.1) is 0 Å². The van der Waals surface area contributed by atoms with Crippen LogP contribution in [0.2, 0.25) is 0 Å². The first-order valence-corrected chi connectivity index (χ1v) is 6.41. The van der Waals surface area contributed by atoms with E-state index in [2.05, 4.69) is 10.6 Å². The molecular weight excluding hydrogens is 228 g/mol. The Balaban J connectivity index is 1.88. The average Bonchev–Trinajstić information content (AvgIpc) is 2.46. The van der Waals surface area contributed by atoms with Crippen LogP contribution in [0, 0.1) is 5.92 Å². The second-order valence-electron chi connectivity index (χ2n) is 4.57. The summed E-state index contributed by atoms with van der Waals surface area (Å²) in [6.07, 6.45) is 2.05. The Hall–Kier alpha value is -1.55. The van der Waals surface area contributed by atoms with Crippen LogP contribution in [0.15, 0.2) is 24.3 Å². The Morgan fingerprint density at radius 3 is 3.06 bits per heavy atom. The third-order valence-electron chi connectivity index (χ3n) is 3.31. The van der Waals surface area contributed by atoms with Crippen LogP contribution in [0.4, 0.5) is 0 Å². The third-order valence-corrected chi connectivity index (χ3v) is 3.31. The first-order valence-electron chi connectivity index (χ1n) is 6.41. The van der Waals surface area contributed by atoms with Crippen LogP contribution in [-0.4, -0.2) is 26.1 Å². The second-order valence-corrected chi connectivity index (χ2v) is 4.57. The zero-order chi connectivity index (χ0) is 12.8. The maximum absolute atomic E-state index is 12.0. The van der Waals surface area contributed by atoms with Gasteiger partial charge in [-0.1, -0.05) is 18.2 Å². The number of amides is 1. The zero-order valence-corrected chi connectivity index (χ0v) is 10.7. The number of hydrogen-bond donors (Lipinski definition) is 2. The molecule has 98 valence electrons. The third kappa shape index (κ3) is 3.23. The molecule has 1 fully saturated rings. The number of methoxy groups -OCH3 is 1. The molecule has 0 bridgehead atoms. The number of piperidine rings is 1. The lowest BCUT2D eigenvalue weighted by Gasteiger charge is -2.22. The number of carbonyl (C=O) groups is 1. The standard InChI is InChI=1S/C14H20N2O2/c1-18-13-7-3-2-5-11(13)10-16-14(17)12-6-4-8-15-9-12/h2-3,5,7,12,15H,4,6,8-10H2,1H3,(H,16,17)/t12-/m0/s1. The lowest BCUT2D eigenvalue weighted by Crippen LogP contribution is -2.40. The lowest BCUT2D eigenvalue weighted by atomic mass is 9.99. The number of rotatable bonds is 4. The maximum atomic E-state index is 12.0. The van der Waals surface area contributed by atoms with Gasteiger partial charge in [-0.2, -0.15) is 0 Å². The Labute approximate surface area is 108 Å². The van der Waals surface area contributed by atoms with E-state index in [1.807, 2.05) is 24.3 Å². The summed E-state index contributed by atoms with van der Waals surface area (Å²) in [4.78, 5) is 12.0. The van der Waals surface area contributed by atoms with Crippen molar-refractivity contribution in [1.82, 2.24) is 10.6 Å². The highest BCUT2D eigenvalue weighted by Gasteiger charge is 2.20. The molecule has 1 amide bonds. The molecule has 0 spiro atoms. The number of para-hydroxylation sites is 1. The van der Waals surface area contributed by atoms with Gasteiger partial charge >= 0.3 is 0 Å². The van der Waals surface area contributed by atoms with Crippen LogP contribution in [-0.2, 0) is 11.3 Å². The minimum Gasteiger partial charge on any atom is -0.496 e. The highest BCUT2D eigenvalue weighted by Crippen LogP contribution is 2.17. The molecule has 4 nitrogen and oxygen atoms in total. The summed E-state index contributed by atoms with van der Waals surface area (Å²) in [6, 6.07) is 7.75. The largest absolute Gasteiger partial charge is 0.496 e. The highest BCUT2D eigenvalue weighted by molar-refractivity contribution is 5.79. The first kappa shape index (κ1) is 12.9. The van der Waals surface area contributed by atoms with Crippen molar-refractivity contribution >= 4 is 5.91 Å². The minimum atomic E-state index is 0.105. The molecule has 1 aliphatic rings. The molecule has 1 aromatic carbocycles. The summed E-state index contributed by atoms with van der Waals surface area (Å²) in [5.41, 5.74) is 1.01. The van der Waals surface area contributed by atoms with E-state index in [0.29, 0.717) is 6.54 Å². The van der Waals surface area contributed by atoms with Gasteiger partial charge in [-0.05, 0) is 25.5 Å². The van der Waals surface area contributed by atoms with Crippen LogP contribution in [0.1, 0.15) is 18.4 Å². The molecule has 1 aromatic rings. The SMILES string of the molecule is COc1ccccc1CNC(=O)[C@H]1CCCNC1. The average molecular weight is 248 g/mol. The van der Waals surface area contributed by atoms with E-state index in [1.165, 1.54) is 0 Å². The fourth-order valence-electron chi connectivity index (χ4n) is 2.25. The van der Waals surface area contributed by atoms with Gasteiger partial charge in [0.05, 0.1) is 13.0 Å². The molecular formula is C14H20N2O2. The maximum Gasteiger partial charge on any atom is 0.224 e. The Bertz CT molecular complexity index is 401. The highest BCUT2D eigenvalue weighted by atomic mass is 16.5. The molecule has 18 heavy (non-hydrogen) atoms. The van der Waals surface area contributed by atoms with Crippen LogP contribution in [0.5, 0.6) is 5.75 Å². The molecule has 4 heteroatoms. The number of ether oxygens (including phenoxy) is 1. The van der Waals surface area contributed by atoms with E-state index in [4.69, 9.17) is 4.74 Å². The summed E-state index contributed by atoms with van der Waals surface area (Å²) >= 11 is 0. The predicted molar refractivity (Wildman–Crippen MR) is 70.4 cm³/mol. The van der Waals surface area contributed by atoms with Crippen molar-refractivity contribution in [2.45, 2.75) is 19.4 Å². The van der Waals surface area contributed by atoms with E-state index in [-0.39, 0.29) is 11.8 Å². The Morgan fingerprint density at radius 2 is 2.33 bits per heavy atom. The molecule has 1 heterocycles. The van der Waals surface area contributed by atoms with E-state index in [0.717, 1.165) is 37.2 Å². The number of carbonyl (C=O) groups excluding carboxylic acids is 1. The molecule has 1 aliphatic heterocycles. The van der Waals surface area contributed by atoms with Gasteiger partial charge in [0.25, 0.3) is 0 Å². The summed E-state index contributed by atoms with van der Waals surface area (Å²) in [6.45, 7) is 2.34. The number of hydrogen-bond acceptors (Lipinski definition) is 3. The monoisotopic (exact) mass is 248 g/mol. The van der Waals surface area contributed by atoms with Crippen molar-refractivity contribution in [3.63, 3.8) is 0 Å². The van der Waals surface area contributed by atoms with Crippen molar-refractivity contribution in [2.75, 3.05) is 20.2 Å². The van der Waals surface area contributed by atoms with Gasteiger partial charge in [0, 0.05) is 18.7 Å². The number of benzene rings is 1. The van der Waals surface area contributed by atoms with Gasteiger partial charge in [0.1, 0.15) is 5.75 Å². The van der Waals surface area contributed by atoms with E-state index < -0.39 is 0 Å². The smallest absolute Gasteiger partial charge is 0.224 e. The van der Waals surface area contributed by atoms with Crippen molar-refractivity contribution in [1.29, 1.82) is 0 Å². The summed E-state index contributed by atoms with van der Waals surface area (Å²) in [7, 11) is 1.64. The number of nitrogens with one attached hydrogen (secondary N) is 2. The molecule has 1 atom stereocenters. The van der Waals surface area contributed by atoms with Crippen LogP contribution in [0.25, 0.3) is 0 Å². The molecule has 0 radical (unpaired) electrons. The first-order chi connectivity index (χ1) is 8.81. The summed E-state index contributed by atoms with van der Waals surface area (Å²) in [5, 5.41) is 6.24. The quantitative estimate of drug-likeness (QED) is 0.844. The van der Waals surface area contributed by atoms with Gasteiger partial charge in [-0.25, -0.2) is 0 Å². The van der Waals surface area contributed by atoms with E-state index >= 15 is 0 Å². The molecule has 0 saturated carbocycles. The topological polar surface area (TPSA) is 50.4 Å². The molecule has 2 rings (SSSR count). The van der Waals surface area contributed by atoms with Crippen molar-refractivity contribution in [3.8, 4) is 5.75 Å². The molecule has 0 aliphatic carbocycles. The lowest BCUT2D eigenvalue weighted by molar-refractivity contribution is -0.125. The van der Waals surface area contributed by atoms with E-state index in [1.54, 1.807) is 7.11 Å². The molecule has 2 N–H and O–H groups in total. The second kappa shape index (κ2) is 6.40. The molecule has 1 saturated heterocycles.